The molecule has 6 rings (SSSR count). The lowest BCUT2D eigenvalue weighted by molar-refractivity contribution is 0.101. The number of hydrogen-bond acceptors (Lipinski definition) is 3. The van der Waals surface area contributed by atoms with Crippen LogP contribution in [0.4, 0.5) is 22.0 Å². The molecule has 0 radical (unpaired) electrons. The second-order valence-electron chi connectivity index (χ2n) is 11.2. The van der Waals surface area contributed by atoms with Crippen molar-refractivity contribution in [3.05, 3.63) is 136 Å². The van der Waals surface area contributed by atoms with Crippen LogP contribution in [0.5, 0.6) is 0 Å². The van der Waals surface area contributed by atoms with Crippen LogP contribution < -0.4 is 0 Å². The first-order valence-electron chi connectivity index (χ1n) is 14.6. The van der Waals surface area contributed by atoms with Gasteiger partial charge in [-0.15, -0.1) is 0 Å². The molecule has 244 valence electrons. The summed E-state index contributed by atoms with van der Waals surface area (Å²) in [5.74, 6) is -0.928. The van der Waals surface area contributed by atoms with Crippen molar-refractivity contribution in [1.82, 2.24) is 3.97 Å². The predicted molar refractivity (Wildman–Crippen MR) is 177 cm³/mol. The van der Waals surface area contributed by atoms with E-state index in [1.54, 1.807) is 49.4 Å². The molecule has 0 bridgehead atoms. The summed E-state index contributed by atoms with van der Waals surface area (Å²) >= 11 is 6.58. The molecular weight excluding hydrogens is 669 g/mol. The third-order valence-electron chi connectivity index (χ3n) is 8.17. The Morgan fingerprint density at radius 1 is 0.771 bits per heavy atom. The Labute approximate surface area is 278 Å². The number of fused-ring (bicyclic) bond motifs is 1. The van der Waals surface area contributed by atoms with Gasteiger partial charge in [0.1, 0.15) is 5.82 Å². The fourth-order valence-electron chi connectivity index (χ4n) is 5.91. The van der Waals surface area contributed by atoms with E-state index in [9.17, 15) is 35.2 Å². The Morgan fingerprint density at radius 3 is 2.10 bits per heavy atom. The first-order chi connectivity index (χ1) is 22.8. The fraction of sp³-hybridized carbons (Fsp3) is 0.108. The van der Waals surface area contributed by atoms with Gasteiger partial charge >= 0.3 is 0 Å². The van der Waals surface area contributed by atoms with Crippen molar-refractivity contribution in [1.29, 1.82) is 0 Å². The van der Waals surface area contributed by atoms with Gasteiger partial charge in [-0.3, -0.25) is 4.79 Å². The maximum absolute atomic E-state index is 15.0. The van der Waals surface area contributed by atoms with Gasteiger partial charge in [-0.2, -0.15) is 0 Å². The van der Waals surface area contributed by atoms with Crippen molar-refractivity contribution in [2.24, 2.45) is 0 Å². The van der Waals surface area contributed by atoms with Gasteiger partial charge in [0.15, 0.2) is 5.78 Å². The number of nitrogens with zero attached hydrogens (tertiary/aromatic N) is 1. The molecule has 0 unspecified atom stereocenters. The van der Waals surface area contributed by atoms with Gasteiger partial charge in [-0.05, 0) is 73.0 Å². The monoisotopic (exact) mass is 693 g/mol. The van der Waals surface area contributed by atoms with Gasteiger partial charge in [0.05, 0.1) is 16.1 Å². The van der Waals surface area contributed by atoms with E-state index in [4.69, 9.17) is 11.6 Å². The van der Waals surface area contributed by atoms with Crippen LogP contribution in [0, 0.1) is 12.7 Å². The fourth-order valence-corrected chi connectivity index (χ4v) is 7.74. The van der Waals surface area contributed by atoms with Crippen molar-refractivity contribution < 1.29 is 35.2 Å². The van der Waals surface area contributed by atoms with Crippen LogP contribution >= 0.6 is 11.6 Å². The molecule has 0 spiro atoms. The van der Waals surface area contributed by atoms with Crippen LogP contribution in [0.1, 0.15) is 46.8 Å². The van der Waals surface area contributed by atoms with Gasteiger partial charge in [0, 0.05) is 43.8 Å². The molecule has 0 aliphatic rings. The standard InChI is InChI=1S/C37H25ClF5NO3S/c1-20-5-3-8-29(37(42)43)33(20)34-30-19-26(39)12-16-32(30)44(48(46,47)27-13-9-22(10-14-27)36(40)41)35(34)25-7-4-6-24(17-25)28-15-11-23(21(2)45)18-31(28)38/h3-19,36-37H,1-2H3. The average Bonchev–Trinajstić information content (AvgIpc) is 3.39. The highest BCUT2D eigenvalue weighted by atomic mass is 35.5. The topological polar surface area (TPSA) is 56.1 Å². The smallest absolute Gasteiger partial charge is 0.268 e. The number of ketones is 1. The number of Topliss-reactive ketones (excluding diaryl/α,β-unsaturated/α-hetero) is 1. The Bertz CT molecular complexity index is 2330. The molecule has 5 aromatic carbocycles. The van der Waals surface area contributed by atoms with Gasteiger partial charge in [0.25, 0.3) is 22.9 Å². The summed E-state index contributed by atoms with van der Waals surface area (Å²) < 4.78 is 101. The lowest BCUT2D eigenvalue weighted by atomic mass is 9.90. The zero-order valence-corrected chi connectivity index (χ0v) is 26.9. The minimum atomic E-state index is -4.64. The third-order valence-corrected chi connectivity index (χ3v) is 10.2. The Hall–Kier alpha value is -4.80. The van der Waals surface area contributed by atoms with Crippen LogP contribution in [0.25, 0.3) is 44.4 Å². The van der Waals surface area contributed by atoms with Gasteiger partial charge < -0.3 is 0 Å². The van der Waals surface area contributed by atoms with E-state index in [-0.39, 0.29) is 49.0 Å². The minimum absolute atomic E-state index is 0.0166. The largest absolute Gasteiger partial charge is 0.295 e. The number of carbonyl (C=O) groups excluding carboxylic acids is 1. The second-order valence-corrected chi connectivity index (χ2v) is 13.4. The van der Waals surface area contributed by atoms with Gasteiger partial charge in [0.2, 0.25) is 0 Å². The van der Waals surface area contributed by atoms with Crippen molar-refractivity contribution in [2.45, 2.75) is 31.6 Å². The Morgan fingerprint density at radius 2 is 1.46 bits per heavy atom. The Balaban J connectivity index is 1.75. The van der Waals surface area contributed by atoms with Crippen LogP contribution in [0.15, 0.2) is 108 Å². The highest BCUT2D eigenvalue weighted by Gasteiger charge is 2.32. The number of carbonyl (C=O) groups is 1. The molecule has 48 heavy (non-hydrogen) atoms. The maximum Gasteiger partial charge on any atom is 0.268 e. The van der Waals surface area contributed by atoms with Gasteiger partial charge in [-0.25, -0.2) is 34.3 Å². The zero-order chi connectivity index (χ0) is 34.5. The van der Waals surface area contributed by atoms with Gasteiger partial charge in [-0.1, -0.05) is 72.3 Å². The molecule has 0 atom stereocenters. The highest BCUT2D eigenvalue weighted by Crippen LogP contribution is 2.47. The van der Waals surface area contributed by atoms with Crippen LogP contribution in [-0.2, 0) is 10.0 Å². The summed E-state index contributed by atoms with van der Waals surface area (Å²) in [4.78, 5) is 11.6. The van der Waals surface area contributed by atoms with Crippen LogP contribution in [0.2, 0.25) is 5.02 Å². The molecule has 6 aromatic rings. The molecule has 4 nitrogen and oxygen atoms in total. The van der Waals surface area contributed by atoms with E-state index in [0.717, 1.165) is 40.4 Å². The predicted octanol–water partition coefficient (Wildman–Crippen LogP) is 11.1. The van der Waals surface area contributed by atoms with Crippen LogP contribution in [0.3, 0.4) is 0 Å². The SMILES string of the molecule is CC(=O)c1ccc(-c2cccc(-c3c(-c4c(C)cccc4C(F)F)c4cc(F)ccc4n3S(=O)(=O)c3ccc(C(F)F)cc3)c2)c(Cl)c1. The molecule has 1 aromatic heterocycles. The summed E-state index contributed by atoms with van der Waals surface area (Å²) in [6, 6.07) is 23.0. The Kier molecular flexibility index (Phi) is 8.74. The molecule has 0 aliphatic carbocycles. The quantitative estimate of drug-likeness (QED) is 0.118. The molecule has 0 aliphatic heterocycles. The first kappa shape index (κ1) is 33.1. The molecule has 0 fully saturated rings. The number of aryl methyl sites for hydroxylation is 1. The number of alkyl halides is 4. The number of rotatable bonds is 8. The molecule has 0 saturated carbocycles. The van der Waals surface area contributed by atoms with E-state index in [1.165, 1.54) is 31.2 Å². The van der Waals surface area contributed by atoms with E-state index in [2.05, 4.69) is 0 Å². The summed E-state index contributed by atoms with van der Waals surface area (Å²) in [5.41, 5.74) is 1.25. The van der Waals surface area contributed by atoms with Crippen molar-refractivity contribution in [2.75, 3.05) is 0 Å². The molecular formula is C37H25ClF5NO3S. The molecule has 11 heteroatoms. The molecule has 0 amide bonds. The zero-order valence-electron chi connectivity index (χ0n) is 25.3. The van der Waals surface area contributed by atoms with E-state index < -0.39 is 39.8 Å². The molecule has 0 N–H and O–H groups in total. The number of halogens is 6. The van der Waals surface area contributed by atoms with E-state index in [0.29, 0.717) is 22.3 Å². The second kappa shape index (κ2) is 12.7. The minimum Gasteiger partial charge on any atom is -0.295 e. The third kappa shape index (κ3) is 5.79. The summed E-state index contributed by atoms with van der Waals surface area (Å²) in [5, 5.41) is 0.288. The van der Waals surface area contributed by atoms with Crippen molar-refractivity contribution in [3.8, 4) is 33.5 Å². The number of benzene rings is 5. The van der Waals surface area contributed by atoms with Crippen molar-refractivity contribution >= 4 is 38.3 Å². The first-order valence-corrected chi connectivity index (χ1v) is 16.4. The van der Waals surface area contributed by atoms with Crippen molar-refractivity contribution in [3.63, 3.8) is 0 Å². The lowest BCUT2D eigenvalue weighted by Crippen LogP contribution is -2.14. The summed E-state index contributed by atoms with van der Waals surface area (Å²) in [6.07, 6.45) is -5.81. The van der Waals surface area contributed by atoms with Crippen LogP contribution in [-0.4, -0.2) is 18.2 Å². The number of aromatic nitrogens is 1. The number of hydrogen-bond donors (Lipinski definition) is 0. The summed E-state index contributed by atoms with van der Waals surface area (Å²) in [7, 11) is -4.64. The normalized spacial score (nSPS) is 12.0. The van der Waals surface area contributed by atoms with E-state index in [1.807, 2.05) is 0 Å². The summed E-state index contributed by atoms with van der Waals surface area (Å²) in [6.45, 7) is 2.99. The lowest BCUT2D eigenvalue weighted by Gasteiger charge is -2.18. The highest BCUT2D eigenvalue weighted by molar-refractivity contribution is 7.90. The maximum atomic E-state index is 15.0. The molecule has 0 saturated heterocycles. The van der Waals surface area contributed by atoms with E-state index >= 15 is 0 Å². The average molecular weight is 694 g/mol. The molecule has 1 heterocycles.